The number of likely N-dealkylation sites (N-methyl/N-ethyl adjacent to an activating group) is 2. The van der Waals surface area contributed by atoms with Crippen LogP contribution < -0.4 is 9.64 Å². The van der Waals surface area contributed by atoms with Crippen molar-refractivity contribution in [3.05, 3.63) is 23.8 Å². The zero-order valence-corrected chi connectivity index (χ0v) is 14.9. The van der Waals surface area contributed by atoms with Crippen LogP contribution >= 0.6 is 0 Å². The second-order valence-electron chi connectivity index (χ2n) is 6.31. The Kier molecular flexibility index (Phi) is 5.51. The van der Waals surface area contributed by atoms with E-state index in [9.17, 15) is 14.4 Å². The SMILES string of the molecule is CN(C)C(=O)c1ccc2c(c1)N(C)C(CC(=O)N(C)CC(=O)O)CO2. The van der Waals surface area contributed by atoms with Crippen molar-refractivity contribution in [1.29, 1.82) is 0 Å². The molecule has 1 heterocycles. The molecule has 1 aliphatic heterocycles. The van der Waals surface area contributed by atoms with E-state index in [4.69, 9.17) is 9.84 Å². The minimum Gasteiger partial charge on any atom is -0.489 e. The van der Waals surface area contributed by atoms with Gasteiger partial charge in [-0.15, -0.1) is 0 Å². The number of carbonyl (C=O) groups excluding carboxylic acids is 2. The van der Waals surface area contributed by atoms with Crippen LogP contribution in [0, 0.1) is 0 Å². The van der Waals surface area contributed by atoms with Crippen LogP contribution in [0.4, 0.5) is 5.69 Å². The fourth-order valence-electron chi connectivity index (χ4n) is 2.65. The Hall–Kier alpha value is -2.77. The van der Waals surface area contributed by atoms with E-state index in [-0.39, 0.29) is 30.8 Å². The number of hydrogen-bond acceptors (Lipinski definition) is 5. The Bertz CT molecular complexity index is 689. The highest BCUT2D eigenvalue weighted by Gasteiger charge is 2.29. The van der Waals surface area contributed by atoms with E-state index < -0.39 is 5.97 Å². The predicted octanol–water partition coefficient (Wildman–Crippen LogP) is 0.519. The minimum absolute atomic E-state index is 0.115. The van der Waals surface area contributed by atoms with Gasteiger partial charge in [0.25, 0.3) is 5.91 Å². The quantitative estimate of drug-likeness (QED) is 0.833. The average molecular weight is 349 g/mol. The lowest BCUT2D eigenvalue weighted by Gasteiger charge is -2.36. The summed E-state index contributed by atoms with van der Waals surface area (Å²) in [7, 11) is 6.66. The Morgan fingerprint density at radius 3 is 2.56 bits per heavy atom. The fourth-order valence-corrected chi connectivity index (χ4v) is 2.65. The lowest BCUT2D eigenvalue weighted by atomic mass is 10.1. The van der Waals surface area contributed by atoms with Crippen molar-refractivity contribution >= 4 is 23.5 Å². The molecule has 0 saturated carbocycles. The number of ether oxygens (including phenoxy) is 1. The van der Waals surface area contributed by atoms with Gasteiger partial charge in [-0.25, -0.2) is 0 Å². The summed E-state index contributed by atoms with van der Waals surface area (Å²) < 4.78 is 5.71. The largest absolute Gasteiger partial charge is 0.489 e. The van der Waals surface area contributed by atoms with Gasteiger partial charge in [0.15, 0.2) is 0 Å². The van der Waals surface area contributed by atoms with E-state index >= 15 is 0 Å². The monoisotopic (exact) mass is 349 g/mol. The zero-order chi connectivity index (χ0) is 18.7. The lowest BCUT2D eigenvalue weighted by molar-refractivity contribution is -0.143. The number of fused-ring (bicyclic) bond motifs is 1. The third-order valence-corrected chi connectivity index (χ3v) is 4.18. The number of carbonyl (C=O) groups is 3. The lowest BCUT2D eigenvalue weighted by Crippen LogP contribution is -2.44. The second-order valence-corrected chi connectivity index (χ2v) is 6.31. The molecular formula is C17H23N3O5. The van der Waals surface area contributed by atoms with E-state index in [2.05, 4.69) is 0 Å². The molecule has 1 N–H and O–H groups in total. The molecule has 1 aromatic rings. The van der Waals surface area contributed by atoms with Gasteiger partial charge in [0.2, 0.25) is 5.91 Å². The van der Waals surface area contributed by atoms with Gasteiger partial charge in [-0.1, -0.05) is 0 Å². The Morgan fingerprint density at radius 2 is 1.96 bits per heavy atom. The molecule has 0 bridgehead atoms. The summed E-state index contributed by atoms with van der Waals surface area (Å²) in [5.74, 6) is -0.788. The number of rotatable bonds is 5. The number of amides is 2. The van der Waals surface area contributed by atoms with Gasteiger partial charge in [0.05, 0.1) is 18.2 Å². The number of anilines is 1. The van der Waals surface area contributed by atoms with Crippen molar-refractivity contribution in [2.75, 3.05) is 46.2 Å². The molecule has 8 nitrogen and oxygen atoms in total. The topological polar surface area (TPSA) is 90.4 Å². The van der Waals surface area contributed by atoms with Crippen LogP contribution in [0.15, 0.2) is 18.2 Å². The molecule has 0 radical (unpaired) electrons. The minimum atomic E-state index is -1.05. The van der Waals surface area contributed by atoms with Crippen LogP contribution in [0.25, 0.3) is 0 Å². The third-order valence-electron chi connectivity index (χ3n) is 4.18. The molecule has 8 heteroatoms. The first-order valence-corrected chi connectivity index (χ1v) is 7.87. The van der Waals surface area contributed by atoms with Gasteiger partial charge in [0.1, 0.15) is 18.9 Å². The van der Waals surface area contributed by atoms with Crippen LogP contribution in [0.2, 0.25) is 0 Å². The van der Waals surface area contributed by atoms with E-state index in [1.165, 1.54) is 16.8 Å². The third kappa shape index (κ3) is 4.20. The number of aliphatic carboxylic acids is 1. The maximum Gasteiger partial charge on any atom is 0.323 e. The summed E-state index contributed by atoms with van der Waals surface area (Å²) in [6.45, 7) is -0.0225. The number of hydrogen-bond donors (Lipinski definition) is 1. The van der Waals surface area contributed by atoms with E-state index in [1.54, 1.807) is 32.3 Å². The van der Waals surface area contributed by atoms with E-state index in [0.29, 0.717) is 17.9 Å². The maximum absolute atomic E-state index is 12.2. The molecule has 136 valence electrons. The molecule has 25 heavy (non-hydrogen) atoms. The van der Waals surface area contributed by atoms with Gasteiger partial charge in [0, 0.05) is 33.8 Å². The number of carboxylic acid groups (broad SMARTS) is 1. The van der Waals surface area contributed by atoms with Crippen LogP contribution in [-0.2, 0) is 9.59 Å². The zero-order valence-electron chi connectivity index (χ0n) is 14.9. The van der Waals surface area contributed by atoms with Crippen molar-refractivity contribution < 1.29 is 24.2 Å². The van der Waals surface area contributed by atoms with Gasteiger partial charge >= 0.3 is 5.97 Å². The Balaban J connectivity index is 2.15. The van der Waals surface area contributed by atoms with Crippen LogP contribution in [-0.4, -0.2) is 80.1 Å². The van der Waals surface area contributed by atoms with E-state index in [1.807, 2.05) is 11.9 Å². The van der Waals surface area contributed by atoms with Gasteiger partial charge in [-0.3, -0.25) is 14.4 Å². The predicted molar refractivity (Wildman–Crippen MR) is 92.0 cm³/mol. The summed E-state index contributed by atoms with van der Waals surface area (Å²) in [6.07, 6.45) is 0.131. The first-order chi connectivity index (χ1) is 11.7. The molecule has 2 amide bonds. The summed E-state index contributed by atoms with van der Waals surface area (Å²) in [6, 6.07) is 4.97. The van der Waals surface area contributed by atoms with Gasteiger partial charge < -0.3 is 24.5 Å². The normalized spacial score (nSPS) is 15.8. The van der Waals surface area contributed by atoms with Crippen molar-refractivity contribution in [3.63, 3.8) is 0 Å². The first-order valence-electron chi connectivity index (χ1n) is 7.87. The van der Waals surface area contributed by atoms with Gasteiger partial charge in [-0.2, -0.15) is 0 Å². The molecular weight excluding hydrogens is 326 g/mol. The molecule has 1 atom stereocenters. The molecule has 0 aliphatic carbocycles. The number of nitrogens with zero attached hydrogens (tertiary/aromatic N) is 3. The number of benzene rings is 1. The first kappa shape index (κ1) is 18.6. The molecule has 0 fully saturated rings. The molecule has 0 saturated heterocycles. The van der Waals surface area contributed by atoms with E-state index in [0.717, 1.165) is 5.69 Å². The second kappa shape index (κ2) is 7.42. The van der Waals surface area contributed by atoms with Crippen molar-refractivity contribution in [2.45, 2.75) is 12.5 Å². The maximum atomic E-state index is 12.2. The molecule has 2 rings (SSSR count). The highest BCUT2D eigenvalue weighted by molar-refractivity contribution is 5.95. The molecule has 1 unspecified atom stereocenters. The number of carboxylic acids is 1. The standard InChI is InChI=1S/C17H23N3O5/c1-18(2)17(24)11-5-6-14-13(7-11)20(4)12(10-25-14)8-15(21)19(3)9-16(22)23/h5-7,12H,8-10H2,1-4H3,(H,22,23). The summed E-state index contributed by atoms with van der Waals surface area (Å²) >= 11 is 0. The van der Waals surface area contributed by atoms with Gasteiger partial charge in [-0.05, 0) is 18.2 Å². The smallest absolute Gasteiger partial charge is 0.323 e. The molecule has 0 aromatic heterocycles. The Labute approximate surface area is 146 Å². The van der Waals surface area contributed by atoms with Crippen LogP contribution in [0.1, 0.15) is 16.8 Å². The highest BCUT2D eigenvalue weighted by atomic mass is 16.5. The molecule has 1 aliphatic rings. The average Bonchev–Trinajstić information content (AvgIpc) is 2.55. The molecule has 0 spiro atoms. The highest BCUT2D eigenvalue weighted by Crippen LogP contribution is 2.34. The van der Waals surface area contributed by atoms with Crippen LogP contribution in [0.5, 0.6) is 5.75 Å². The van der Waals surface area contributed by atoms with Crippen molar-refractivity contribution in [2.24, 2.45) is 0 Å². The van der Waals surface area contributed by atoms with Crippen molar-refractivity contribution in [3.8, 4) is 5.75 Å². The summed E-state index contributed by atoms with van der Waals surface area (Å²) in [5, 5.41) is 8.78. The summed E-state index contributed by atoms with van der Waals surface area (Å²) in [4.78, 5) is 39.6. The van der Waals surface area contributed by atoms with Crippen molar-refractivity contribution in [1.82, 2.24) is 9.80 Å². The fraction of sp³-hybridized carbons (Fsp3) is 0.471. The summed E-state index contributed by atoms with van der Waals surface area (Å²) in [5.41, 5.74) is 1.27. The Morgan fingerprint density at radius 1 is 1.28 bits per heavy atom. The molecule has 1 aromatic carbocycles. The van der Waals surface area contributed by atoms with Crippen LogP contribution in [0.3, 0.4) is 0 Å².